The fourth-order valence-electron chi connectivity index (χ4n) is 3.02. The summed E-state index contributed by atoms with van der Waals surface area (Å²) in [7, 11) is 2.04. The SMILES string of the molecule is CNC(Cc1c(C)cc(C)cc1C)c1ccc(C)cc1Br. The predicted molar refractivity (Wildman–Crippen MR) is 95.0 cm³/mol. The second-order valence-electron chi connectivity index (χ2n) is 5.95. The van der Waals surface area contributed by atoms with Gasteiger partial charge in [-0.1, -0.05) is 45.8 Å². The maximum Gasteiger partial charge on any atom is 0.0369 e. The van der Waals surface area contributed by atoms with Gasteiger partial charge in [-0.15, -0.1) is 0 Å². The number of halogens is 1. The van der Waals surface area contributed by atoms with E-state index < -0.39 is 0 Å². The zero-order chi connectivity index (χ0) is 15.6. The van der Waals surface area contributed by atoms with Crippen LogP contribution in [0.5, 0.6) is 0 Å². The van der Waals surface area contributed by atoms with Gasteiger partial charge < -0.3 is 5.32 Å². The Hall–Kier alpha value is -1.12. The van der Waals surface area contributed by atoms with Crippen LogP contribution in [0.4, 0.5) is 0 Å². The predicted octanol–water partition coefficient (Wildman–Crippen LogP) is 5.19. The zero-order valence-corrected chi connectivity index (χ0v) is 15.1. The molecule has 1 unspecified atom stereocenters. The van der Waals surface area contributed by atoms with Gasteiger partial charge in [0.2, 0.25) is 0 Å². The molecule has 0 spiro atoms. The minimum atomic E-state index is 0.320. The summed E-state index contributed by atoms with van der Waals surface area (Å²) in [5, 5.41) is 3.47. The quantitative estimate of drug-likeness (QED) is 0.804. The molecule has 0 aromatic heterocycles. The number of rotatable bonds is 4. The van der Waals surface area contributed by atoms with Gasteiger partial charge >= 0.3 is 0 Å². The molecule has 1 N–H and O–H groups in total. The summed E-state index contributed by atoms with van der Waals surface area (Å²) < 4.78 is 1.18. The molecular formula is C19H24BrN. The molecule has 1 atom stereocenters. The third kappa shape index (κ3) is 3.75. The van der Waals surface area contributed by atoms with E-state index in [9.17, 15) is 0 Å². The van der Waals surface area contributed by atoms with E-state index in [0.29, 0.717) is 6.04 Å². The van der Waals surface area contributed by atoms with Crippen LogP contribution in [-0.2, 0) is 6.42 Å². The van der Waals surface area contributed by atoms with E-state index >= 15 is 0 Å². The lowest BCUT2D eigenvalue weighted by molar-refractivity contribution is 0.586. The first-order valence-electron chi connectivity index (χ1n) is 7.42. The van der Waals surface area contributed by atoms with Crippen molar-refractivity contribution in [2.45, 2.75) is 40.2 Å². The van der Waals surface area contributed by atoms with Crippen molar-refractivity contribution >= 4 is 15.9 Å². The van der Waals surface area contributed by atoms with Gasteiger partial charge in [-0.05, 0) is 75.0 Å². The zero-order valence-electron chi connectivity index (χ0n) is 13.5. The minimum Gasteiger partial charge on any atom is -0.313 e. The normalized spacial score (nSPS) is 12.5. The third-order valence-electron chi connectivity index (χ3n) is 4.13. The van der Waals surface area contributed by atoms with Crippen LogP contribution in [0.1, 0.15) is 39.4 Å². The van der Waals surface area contributed by atoms with E-state index in [-0.39, 0.29) is 0 Å². The van der Waals surface area contributed by atoms with Gasteiger partial charge in [-0.25, -0.2) is 0 Å². The van der Waals surface area contributed by atoms with Gasteiger partial charge in [-0.3, -0.25) is 0 Å². The van der Waals surface area contributed by atoms with Crippen molar-refractivity contribution in [3.63, 3.8) is 0 Å². The monoisotopic (exact) mass is 345 g/mol. The molecule has 0 aliphatic rings. The van der Waals surface area contributed by atoms with Crippen LogP contribution in [-0.4, -0.2) is 7.05 Å². The summed E-state index contributed by atoms with van der Waals surface area (Å²) in [5.74, 6) is 0. The molecule has 1 nitrogen and oxygen atoms in total. The van der Waals surface area contributed by atoms with Gasteiger partial charge in [0.15, 0.2) is 0 Å². The van der Waals surface area contributed by atoms with Crippen LogP contribution in [0.3, 0.4) is 0 Å². The fourth-order valence-corrected chi connectivity index (χ4v) is 3.79. The van der Waals surface area contributed by atoms with Crippen LogP contribution in [0, 0.1) is 27.7 Å². The first-order valence-corrected chi connectivity index (χ1v) is 8.21. The van der Waals surface area contributed by atoms with Crippen LogP contribution in [0.15, 0.2) is 34.8 Å². The number of benzene rings is 2. The van der Waals surface area contributed by atoms with Gasteiger partial charge in [0, 0.05) is 10.5 Å². The van der Waals surface area contributed by atoms with Gasteiger partial charge in [-0.2, -0.15) is 0 Å². The Labute approximate surface area is 136 Å². The van der Waals surface area contributed by atoms with E-state index in [2.05, 4.69) is 79.3 Å². The van der Waals surface area contributed by atoms with Gasteiger partial charge in [0.05, 0.1) is 0 Å². The van der Waals surface area contributed by atoms with Crippen molar-refractivity contribution in [3.8, 4) is 0 Å². The standard InChI is InChI=1S/C19H24BrN/c1-12-6-7-16(18(20)10-12)19(21-5)11-17-14(3)8-13(2)9-15(17)4/h6-10,19,21H,11H2,1-5H3. The van der Waals surface area contributed by atoms with E-state index in [0.717, 1.165) is 6.42 Å². The third-order valence-corrected chi connectivity index (χ3v) is 4.82. The van der Waals surface area contributed by atoms with Gasteiger partial charge in [0.25, 0.3) is 0 Å². The second-order valence-corrected chi connectivity index (χ2v) is 6.80. The van der Waals surface area contributed by atoms with Crippen LogP contribution in [0.25, 0.3) is 0 Å². The van der Waals surface area contributed by atoms with Crippen LogP contribution in [0.2, 0.25) is 0 Å². The van der Waals surface area contributed by atoms with E-state index in [4.69, 9.17) is 0 Å². The molecule has 0 amide bonds. The smallest absolute Gasteiger partial charge is 0.0369 e. The molecule has 2 rings (SSSR count). The molecule has 0 aliphatic carbocycles. The Morgan fingerprint density at radius 1 is 0.952 bits per heavy atom. The summed E-state index contributed by atoms with van der Waals surface area (Å²) in [6, 6.07) is 11.5. The van der Waals surface area contributed by atoms with Gasteiger partial charge in [0.1, 0.15) is 0 Å². The van der Waals surface area contributed by atoms with Crippen LogP contribution < -0.4 is 5.32 Å². The minimum absolute atomic E-state index is 0.320. The van der Waals surface area contributed by atoms with Crippen molar-refractivity contribution < 1.29 is 0 Å². The van der Waals surface area contributed by atoms with E-state index in [1.54, 1.807) is 0 Å². The largest absolute Gasteiger partial charge is 0.313 e. The number of nitrogens with one attached hydrogen (secondary N) is 1. The Balaban J connectivity index is 2.36. The molecule has 0 saturated carbocycles. The highest BCUT2D eigenvalue weighted by molar-refractivity contribution is 9.10. The highest BCUT2D eigenvalue weighted by atomic mass is 79.9. The lowest BCUT2D eigenvalue weighted by atomic mass is 9.91. The van der Waals surface area contributed by atoms with Crippen molar-refractivity contribution in [1.82, 2.24) is 5.32 Å². The average Bonchev–Trinajstić information content (AvgIpc) is 2.39. The molecule has 21 heavy (non-hydrogen) atoms. The fraction of sp³-hybridized carbons (Fsp3) is 0.368. The number of hydrogen-bond donors (Lipinski definition) is 1. The van der Waals surface area contributed by atoms with Crippen molar-refractivity contribution in [2.24, 2.45) is 0 Å². The summed E-state index contributed by atoms with van der Waals surface area (Å²) in [6.45, 7) is 8.71. The summed E-state index contributed by atoms with van der Waals surface area (Å²) in [5.41, 5.74) is 8.16. The molecule has 0 heterocycles. The Kier molecular flexibility index (Phi) is 5.23. The molecule has 2 aromatic carbocycles. The summed E-state index contributed by atoms with van der Waals surface area (Å²) >= 11 is 3.71. The topological polar surface area (TPSA) is 12.0 Å². The second kappa shape index (κ2) is 6.76. The highest BCUT2D eigenvalue weighted by Crippen LogP contribution is 2.29. The summed E-state index contributed by atoms with van der Waals surface area (Å²) in [4.78, 5) is 0. The lowest BCUT2D eigenvalue weighted by Gasteiger charge is -2.21. The molecule has 2 aromatic rings. The lowest BCUT2D eigenvalue weighted by Crippen LogP contribution is -2.20. The molecule has 0 bridgehead atoms. The maximum absolute atomic E-state index is 3.71. The Bertz CT molecular complexity index is 623. The maximum atomic E-state index is 3.71. The Morgan fingerprint density at radius 3 is 2.10 bits per heavy atom. The number of aryl methyl sites for hydroxylation is 4. The summed E-state index contributed by atoms with van der Waals surface area (Å²) in [6.07, 6.45) is 1.01. The molecule has 0 saturated heterocycles. The van der Waals surface area contributed by atoms with E-state index in [1.165, 1.54) is 37.9 Å². The molecule has 112 valence electrons. The number of likely N-dealkylation sites (N-methyl/N-ethyl adjacent to an activating group) is 1. The molecule has 0 fully saturated rings. The molecule has 2 heteroatoms. The van der Waals surface area contributed by atoms with Crippen molar-refractivity contribution in [2.75, 3.05) is 7.05 Å². The Morgan fingerprint density at radius 2 is 1.57 bits per heavy atom. The molecular weight excluding hydrogens is 322 g/mol. The highest BCUT2D eigenvalue weighted by Gasteiger charge is 2.16. The first kappa shape index (κ1) is 16.3. The van der Waals surface area contributed by atoms with Crippen molar-refractivity contribution in [1.29, 1.82) is 0 Å². The first-order chi connectivity index (χ1) is 9.92. The number of hydrogen-bond acceptors (Lipinski definition) is 1. The van der Waals surface area contributed by atoms with E-state index in [1.807, 2.05) is 7.05 Å². The van der Waals surface area contributed by atoms with Crippen molar-refractivity contribution in [3.05, 3.63) is 68.2 Å². The molecule has 0 aliphatic heterocycles. The van der Waals surface area contributed by atoms with Crippen LogP contribution >= 0.6 is 15.9 Å². The average molecular weight is 346 g/mol. The molecule has 0 radical (unpaired) electrons.